The molecule has 122 valence electrons. The van der Waals surface area contributed by atoms with E-state index in [0.29, 0.717) is 12.0 Å². The second-order valence-electron chi connectivity index (χ2n) is 5.33. The maximum Gasteiger partial charge on any atom is 0.338 e. The van der Waals surface area contributed by atoms with Crippen LogP contribution in [0.5, 0.6) is 0 Å². The third kappa shape index (κ3) is 4.29. The molecule has 0 spiro atoms. The first-order valence-electron chi connectivity index (χ1n) is 6.96. The molecule has 7 nitrogen and oxygen atoms in total. The van der Waals surface area contributed by atoms with Crippen LogP contribution in [0, 0.1) is 11.3 Å². The van der Waals surface area contributed by atoms with Gasteiger partial charge in [0.25, 0.3) is 5.91 Å². The molecule has 0 unspecified atom stereocenters. The van der Waals surface area contributed by atoms with Crippen LogP contribution in [-0.4, -0.2) is 56.4 Å². The topological polar surface area (TPSA) is 105 Å². The van der Waals surface area contributed by atoms with Gasteiger partial charge in [0.2, 0.25) is 0 Å². The number of amides is 1. The van der Waals surface area contributed by atoms with Crippen LogP contribution in [0.2, 0.25) is 0 Å². The maximum absolute atomic E-state index is 12.0. The number of esters is 1. The smallest absolute Gasteiger partial charge is 0.338 e. The summed E-state index contributed by atoms with van der Waals surface area (Å²) in [6, 6.07) is 7.49. The number of rotatable bonds is 4. The summed E-state index contributed by atoms with van der Waals surface area (Å²) in [6.45, 7) is -0.470. The van der Waals surface area contributed by atoms with Crippen molar-refractivity contribution in [3.05, 3.63) is 35.4 Å². The van der Waals surface area contributed by atoms with E-state index in [1.807, 2.05) is 6.07 Å². The van der Waals surface area contributed by atoms with Crippen molar-refractivity contribution in [3.8, 4) is 6.07 Å². The highest BCUT2D eigenvalue weighted by Gasteiger charge is 2.32. The predicted molar refractivity (Wildman–Crippen MR) is 81.3 cm³/mol. The van der Waals surface area contributed by atoms with Gasteiger partial charge in [-0.15, -0.1) is 0 Å². The lowest BCUT2D eigenvalue weighted by Crippen LogP contribution is -2.40. The van der Waals surface area contributed by atoms with Crippen LogP contribution < -0.4 is 0 Å². The van der Waals surface area contributed by atoms with E-state index in [4.69, 9.17) is 10.00 Å². The molecule has 1 heterocycles. The quantitative estimate of drug-likeness (QED) is 0.735. The van der Waals surface area contributed by atoms with Gasteiger partial charge in [0, 0.05) is 13.1 Å². The molecule has 2 rings (SSSR count). The number of nitrogens with zero attached hydrogens (tertiary/aromatic N) is 2. The van der Waals surface area contributed by atoms with E-state index in [9.17, 15) is 18.0 Å². The molecule has 1 fully saturated rings. The highest BCUT2D eigenvalue weighted by atomic mass is 32.2. The van der Waals surface area contributed by atoms with Crippen molar-refractivity contribution in [1.82, 2.24) is 4.90 Å². The minimum absolute atomic E-state index is 0.0621. The standard InChI is InChI=1S/C15H16N2O5S/c1-17(13-5-6-23(20,21)10-13)14(18)9-22-15(19)12-4-2-3-11(7-12)8-16/h2-4,7,13H,5-6,9-10H2,1H3/t13-/m1/s1. The van der Waals surface area contributed by atoms with E-state index in [-0.39, 0.29) is 23.1 Å². The molecule has 0 saturated carbocycles. The summed E-state index contributed by atoms with van der Waals surface area (Å²) >= 11 is 0. The van der Waals surface area contributed by atoms with Gasteiger partial charge >= 0.3 is 5.97 Å². The zero-order valence-electron chi connectivity index (χ0n) is 12.6. The molecule has 0 aliphatic carbocycles. The number of likely N-dealkylation sites (N-methyl/N-ethyl adjacent to an activating group) is 1. The number of hydrogen-bond acceptors (Lipinski definition) is 6. The van der Waals surface area contributed by atoms with Crippen molar-refractivity contribution in [1.29, 1.82) is 5.26 Å². The number of carbonyl (C=O) groups excluding carboxylic acids is 2. The minimum Gasteiger partial charge on any atom is -0.452 e. The van der Waals surface area contributed by atoms with Crippen LogP contribution in [0.3, 0.4) is 0 Å². The van der Waals surface area contributed by atoms with Crippen LogP contribution in [0.4, 0.5) is 0 Å². The molecule has 1 saturated heterocycles. The van der Waals surface area contributed by atoms with E-state index >= 15 is 0 Å². The Morgan fingerprint density at radius 3 is 2.78 bits per heavy atom. The molecular weight excluding hydrogens is 320 g/mol. The largest absolute Gasteiger partial charge is 0.452 e. The van der Waals surface area contributed by atoms with Crippen LogP contribution in [0.15, 0.2) is 24.3 Å². The van der Waals surface area contributed by atoms with Crippen molar-refractivity contribution >= 4 is 21.7 Å². The molecule has 0 N–H and O–H groups in total. The van der Waals surface area contributed by atoms with Gasteiger partial charge in [0.05, 0.1) is 28.7 Å². The second kappa shape index (κ2) is 6.79. The Bertz CT molecular complexity index is 766. The summed E-state index contributed by atoms with van der Waals surface area (Å²) in [4.78, 5) is 25.2. The van der Waals surface area contributed by atoms with E-state index in [2.05, 4.69) is 0 Å². The van der Waals surface area contributed by atoms with Gasteiger partial charge in [-0.1, -0.05) is 6.07 Å². The Hall–Kier alpha value is -2.40. The number of hydrogen-bond donors (Lipinski definition) is 0. The summed E-state index contributed by atoms with van der Waals surface area (Å²) in [6.07, 6.45) is 0.392. The summed E-state index contributed by atoms with van der Waals surface area (Å²) in [7, 11) is -1.59. The van der Waals surface area contributed by atoms with Crippen LogP contribution in [0.25, 0.3) is 0 Å². The normalized spacial score (nSPS) is 18.9. The molecule has 0 bridgehead atoms. The third-order valence-corrected chi connectivity index (χ3v) is 5.45. The molecule has 1 aromatic rings. The van der Waals surface area contributed by atoms with Crippen LogP contribution >= 0.6 is 0 Å². The first-order valence-corrected chi connectivity index (χ1v) is 8.78. The molecule has 1 atom stereocenters. The SMILES string of the molecule is CN(C(=O)COC(=O)c1cccc(C#N)c1)[C@@H]1CCS(=O)(=O)C1. The molecular formula is C15H16N2O5S. The van der Waals surface area contributed by atoms with Crippen molar-refractivity contribution in [2.75, 3.05) is 25.2 Å². The van der Waals surface area contributed by atoms with Gasteiger partial charge in [-0.05, 0) is 24.6 Å². The maximum atomic E-state index is 12.0. The highest BCUT2D eigenvalue weighted by molar-refractivity contribution is 7.91. The fraction of sp³-hybridized carbons (Fsp3) is 0.400. The molecule has 1 aromatic carbocycles. The Labute approximate surface area is 134 Å². The summed E-state index contributed by atoms with van der Waals surface area (Å²) < 4.78 is 27.8. The monoisotopic (exact) mass is 336 g/mol. The minimum atomic E-state index is -3.09. The Morgan fingerprint density at radius 1 is 1.43 bits per heavy atom. The van der Waals surface area contributed by atoms with E-state index in [0.717, 1.165) is 0 Å². The van der Waals surface area contributed by atoms with Crippen LogP contribution in [0.1, 0.15) is 22.3 Å². The Morgan fingerprint density at radius 2 is 2.17 bits per heavy atom. The van der Waals surface area contributed by atoms with Crippen molar-refractivity contribution in [2.45, 2.75) is 12.5 Å². The zero-order valence-corrected chi connectivity index (χ0v) is 13.4. The van der Waals surface area contributed by atoms with E-state index < -0.39 is 28.3 Å². The first-order chi connectivity index (χ1) is 10.8. The van der Waals surface area contributed by atoms with Gasteiger partial charge in [-0.25, -0.2) is 13.2 Å². The molecule has 1 amide bonds. The Balaban J connectivity index is 1.91. The fourth-order valence-corrected chi connectivity index (χ4v) is 4.09. The summed E-state index contributed by atoms with van der Waals surface area (Å²) in [5, 5.41) is 8.79. The van der Waals surface area contributed by atoms with Gasteiger partial charge in [0.15, 0.2) is 16.4 Å². The van der Waals surface area contributed by atoms with Gasteiger partial charge in [-0.2, -0.15) is 5.26 Å². The number of benzene rings is 1. The Kier molecular flexibility index (Phi) is 5.01. The van der Waals surface area contributed by atoms with Gasteiger partial charge in [0.1, 0.15) is 0 Å². The third-order valence-electron chi connectivity index (χ3n) is 3.70. The highest BCUT2D eigenvalue weighted by Crippen LogP contribution is 2.16. The molecule has 23 heavy (non-hydrogen) atoms. The molecule has 1 aliphatic heterocycles. The second-order valence-corrected chi connectivity index (χ2v) is 7.56. The molecule has 0 radical (unpaired) electrons. The molecule has 8 heteroatoms. The number of nitriles is 1. The molecule has 1 aliphatic rings. The number of sulfone groups is 1. The predicted octanol–water partition coefficient (Wildman–Crippen LogP) is 0.361. The van der Waals surface area contributed by atoms with Crippen molar-refractivity contribution in [3.63, 3.8) is 0 Å². The summed E-state index contributed by atoms with van der Waals surface area (Å²) in [5.74, 6) is -1.16. The van der Waals surface area contributed by atoms with E-state index in [1.54, 1.807) is 12.1 Å². The van der Waals surface area contributed by atoms with Gasteiger partial charge in [-0.3, -0.25) is 4.79 Å². The number of carbonyl (C=O) groups is 2. The van der Waals surface area contributed by atoms with Crippen molar-refractivity contribution < 1.29 is 22.7 Å². The van der Waals surface area contributed by atoms with Crippen molar-refractivity contribution in [2.24, 2.45) is 0 Å². The lowest BCUT2D eigenvalue weighted by Gasteiger charge is -2.23. The average molecular weight is 336 g/mol. The fourth-order valence-electron chi connectivity index (χ4n) is 2.31. The first kappa shape index (κ1) is 17.0. The zero-order chi connectivity index (χ0) is 17.0. The van der Waals surface area contributed by atoms with Gasteiger partial charge < -0.3 is 9.64 Å². The van der Waals surface area contributed by atoms with Crippen LogP contribution in [-0.2, 0) is 19.4 Å². The summed E-state index contributed by atoms with van der Waals surface area (Å²) in [5.41, 5.74) is 0.502. The average Bonchev–Trinajstić information content (AvgIpc) is 2.91. The lowest BCUT2D eigenvalue weighted by atomic mass is 10.1. The van der Waals surface area contributed by atoms with E-state index in [1.165, 1.54) is 24.1 Å². The number of ether oxygens (including phenoxy) is 1. The lowest BCUT2D eigenvalue weighted by molar-refractivity contribution is -0.134. The molecule has 0 aromatic heterocycles.